The molecule has 128 valence electrons. The van der Waals surface area contributed by atoms with Crippen LogP contribution >= 0.6 is 11.3 Å². The van der Waals surface area contributed by atoms with E-state index in [-0.39, 0.29) is 17.9 Å². The van der Waals surface area contributed by atoms with Crippen molar-refractivity contribution in [3.05, 3.63) is 45.4 Å². The van der Waals surface area contributed by atoms with Gasteiger partial charge in [-0.15, -0.1) is 11.3 Å². The molecule has 0 aliphatic heterocycles. The summed E-state index contributed by atoms with van der Waals surface area (Å²) in [5.41, 5.74) is 2.17. The minimum Gasteiger partial charge on any atom is -0.320 e. The second-order valence-electron chi connectivity index (χ2n) is 5.76. The number of nitrogens with zero attached hydrogens (tertiary/aromatic N) is 2. The summed E-state index contributed by atoms with van der Waals surface area (Å²) in [5, 5.41) is 3.93. The number of benzene rings is 1. The molecule has 1 heterocycles. The summed E-state index contributed by atoms with van der Waals surface area (Å²) in [5.74, 6) is -0.0276. The fraction of sp³-hybridized carbons (Fsp3) is 0.389. The largest absolute Gasteiger partial charge is 0.322 e. The number of hydrogen-bond acceptors (Lipinski definition) is 4. The van der Waals surface area contributed by atoms with Crippen molar-refractivity contribution in [3.63, 3.8) is 0 Å². The summed E-state index contributed by atoms with van der Waals surface area (Å²) in [6.07, 6.45) is 0.895. The Morgan fingerprint density at radius 3 is 2.67 bits per heavy atom. The average molecular weight is 345 g/mol. The van der Waals surface area contributed by atoms with Crippen molar-refractivity contribution in [2.45, 2.75) is 40.2 Å². The molecule has 1 atom stereocenters. The highest BCUT2D eigenvalue weighted by molar-refractivity contribution is 7.11. The monoisotopic (exact) mass is 345 g/mol. The molecule has 2 amide bonds. The predicted octanol–water partition coefficient (Wildman–Crippen LogP) is 4.44. The first-order valence-corrected chi connectivity index (χ1v) is 8.76. The van der Waals surface area contributed by atoms with Crippen LogP contribution in [0.5, 0.6) is 0 Å². The minimum atomic E-state index is -0.214. The lowest BCUT2D eigenvalue weighted by molar-refractivity contribution is 0.101. The second-order valence-corrected chi connectivity index (χ2v) is 6.88. The number of carbonyl (C=O) groups excluding carboxylic acids is 2. The van der Waals surface area contributed by atoms with Gasteiger partial charge in [0.25, 0.3) is 0 Å². The molecule has 1 N–H and O–H groups in total. The average Bonchev–Trinajstić information content (AvgIpc) is 2.94. The van der Waals surface area contributed by atoms with E-state index in [0.29, 0.717) is 11.3 Å². The SMILES string of the molecule is CCc1nc(C)c([C@H](C)N(C)C(=O)Nc2cccc(C(C)=O)c2)s1. The van der Waals surface area contributed by atoms with Gasteiger partial charge in [0.1, 0.15) is 0 Å². The molecule has 1 aromatic carbocycles. The third kappa shape index (κ3) is 4.00. The maximum atomic E-state index is 12.5. The number of aryl methyl sites for hydroxylation is 2. The number of nitrogens with one attached hydrogen (secondary N) is 1. The first-order chi connectivity index (χ1) is 11.3. The first kappa shape index (κ1) is 18.1. The van der Waals surface area contributed by atoms with Crippen LogP contribution in [0, 0.1) is 6.92 Å². The van der Waals surface area contributed by atoms with Gasteiger partial charge in [0.05, 0.1) is 16.7 Å². The van der Waals surface area contributed by atoms with Crippen LogP contribution in [0.15, 0.2) is 24.3 Å². The third-order valence-electron chi connectivity index (χ3n) is 3.98. The van der Waals surface area contributed by atoms with Crippen molar-refractivity contribution in [1.29, 1.82) is 0 Å². The maximum absolute atomic E-state index is 12.5. The molecule has 0 fully saturated rings. The molecule has 0 aliphatic carbocycles. The van der Waals surface area contributed by atoms with Crippen molar-refractivity contribution in [1.82, 2.24) is 9.88 Å². The molecule has 0 spiro atoms. The zero-order valence-electron chi connectivity index (χ0n) is 14.7. The number of hydrogen-bond donors (Lipinski definition) is 1. The summed E-state index contributed by atoms with van der Waals surface area (Å²) in [7, 11) is 1.76. The lowest BCUT2D eigenvalue weighted by Crippen LogP contribution is -2.33. The van der Waals surface area contributed by atoms with Gasteiger partial charge < -0.3 is 10.2 Å². The van der Waals surface area contributed by atoms with E-state index in [9.17, 15) is 9.59 Å². The van der Waals surface area contributed by atoms with Gasteiger partial charge in [0, 0.05) is 23.2 Å². The molecular weight excluding hydrogens is 322 g/mol. The normalized spacial score (nSPS) is 11.9. The fourth-order valence-electron chi connectivity index (χ4n) is 2.38. The van der Waals surface area contributed by atoms with E-state index >= 15 is 0 Å². The van der Waals surface area contributed by atoms with Gasteiger partial charge in [-0.1, -0.05) is 19.1 Å². The lowest BCUT2D eigenvalue weighted by atomic mass is 10.1. The number of thiazole rings is 1. The molecule has 0 unspecified atom stereocenters. The highest BCUT2D eigenvalue weighted by Gasteiger charge is 2.22. The van der Waals surface area contributed by atoms with Gasteiger partial charge in [-0.3, -0.25) is 4.79 Å². The maximum Gasteiger partial charge on any atom is 0.322 e. The quantitative estimate of drug-likeness (QED) is 0.815. The zero-order chi connectivity index (χ0) is 17.9. The van der Waals surface area contributed by atoms with E-state index in [4.69, 9.17) is 0 Å². The van der Waals surface area contributed by atoms with Crippen LogP contribution in [-0.4, -0.2) is 28.7 Å². The second kappa shape index (κ2) is 7.57. The molecule has 2 aromatic rings. The van der Waals surface area contributed by atoms with E-state index in [0.717, 1.165) is 22.0 Å². The van der Waals surface area contributed by atoms with Gasteiger partial charge in [0.2, 0.25) is 0 Å². The van der Waals surface area contributed by atoms with E-state index in [1.54, 1.807) is 47.5 Å². The molecule has 2 rings (SSSR count). The van der Waals surface area contributed by atoms with Crippen LogP contribution in [0.4, 0.5) is 10.5 Å². The number of amides is 2. The van der Waals surface area contributed by atoms with Gasteiger partial charge in [0.15, 0.2) is 5.78 Å². The summed E-state index contributed by atoms with van der Waals surface area (Å²) in [4.78, 5) is 31.2. The van der Waals surface area contributed by atoms with E-state index in [1.807, 2.05) is 13.8 Å². The summed E-state index contributed by atoms with van der Waals surface area (Å²) < 4.78 is 0. The Morgan fingerprint density at radius 2 is 2.08 bits per heavy atom. The predicted molar refractivity (Wildman–Crippen MR) is 97.9 cm³/mol. The standard InChI is InChI=1S/C18H23N3O2S/c1-6-16-19-11(2)17(24-16)12(3)21(5)18(23)20-15-9-7-8-14(10-15)13(4)22/h7-10,12H,6H2,1-5H3,(H,20,23)/t12-/m0/s1. The summed E-state index contributed by atoms with van der Waals surface area (Å²) in [6.45, 7) is 7.55. The molecule has 0 aliphatic rings. The van der Waals surface area contributed by atoms with Crippen molar-refractivity contribution < 1.29 is 9.59 Å². The summed E-state index contributed by atoms with van der Waals surface area (Å²) in [6, 6.07) is 6.67. The first-order valence-electron chi connectivity index (χ1n) is 7.94. The van der Waals surface area contributed by atoms with Crippen LogP contribution < -0.4 is 5.32 Å². The highest BCUT2D eigenvalue weighted by atomic mass is 32.1. The van der Waals surface area contributed by atoms with Crippen LogP contribution in [0.25, 0.3) is 0 Å². The molecule has 0 radical (unpaired) electrons. The molecule has 1 aromatic heterocycles. The number of aromatic nitrogens is 1. The van der Waals surface area contributed by atoms with E-state index < -0.39 is 0 Å². The Hall–Kier alpha value is -2.21. The smallest absolute Gasteiger partial charge is 0.320 e. The number of rotatable bonds is 5. The van der Waals surface area contributed by atoms with Gasteiger partial charge >= 0.3 is 6.03 Å². The molecule has 0 saturated carbocycles. The fourth-order valence-corrected chi connectivity index (χ4v) is 3.49. The highest BCUT2D eigenvalue weighted by Crippen LogP contribution is 2.29. The Kier molecular flexibility index (Phi) is 5.72. The van der Waals surface area contributed by atoms with Crippen LogP contribution in [0.2, 0.25) is 0 Å². The Bertz CT molecular complexity index is 754. The van der Waals surface area contributed by atoms with Crippen molar-refractivity contribution in [3.8, 4) is 0 Å². The third-order valence-corrected chi connectivity index (χ3v) is 5.45. The van der Waals surface area contributed by atoms with Gasteiger partial charge in [-0.2, -0.15) is 0 Å². The molecule has 0 bridgehead atoms. The molecule has 0 saturated heterocycles. The molecule has 6 heteroatoms. The van der Waals surface area contributed by atoms with E-state index in [1.165, 1.54) is 6.92 Å². The zero-order valence-corrected chi connectivity index (χ0v) is 15.5. The number of anilines is 1. The number of Topliss-reactive ketones (excluding diaryl/α,β-unsaturated/α-hetero) is 1. The van der Waals surface area contributed by atoms with Crippen molar-refractivity contribution in [2.75, 3.05) is 12.4 Å². The Labute approximate surface area is 146 Å². The Morgan fingerprint density at radius 1 is 1.38 bits per heavy atom. The number of ketones is 1. The van der Waals surface area contributed by atoms with Gasteiger partial charge in [-0.05, 0) is 39.3 Å². The molecule has 5 nitrogen and oxygen atoms in total. The van der Waals surface area contributed by atoms with Crippen LogP contribution in [-0.2, 0) is 6.42 Å². The number of carbonyl (C=O) groups is 2. The van der Waals surface area contributed by atoms with E-state index in [2.05, 4.69) is 17.2 Å². The van der Waals surface area contributed by atoms with Gasteiger partial charge in [-0.25, -0.2) is 9.78 Å². The minimum absolute atomic E-state index is 0.0276. The number of urea groups is 1. The molecular formula is C18H23N3O2S. The Balaban J connectivity index is 2.12. The lowest BCUT2D eigenvalue weighted by Gasteiger charge is -2.24. The van der Waals surface area contributed by atoms with Crippen molar-refractivity contribution in [2.24, 2.45) is 0 Å². The topological polar surface area (TPSA) is 62.3 Å². The van der Waals surface area contributed by atoms with Crippen LogP contribution in [0.3, 0.4) is 0 Å². The van der Waals surface area contributed by atoms with Crippen molar-refractivity contribution >= 4 is 28.8 Å². The molecule has 24 heavy (non-hydrogen) atoms. The van der Waals surface area contributed by atoms with Crippen LogP contribution in [0.1, 0.15) is 52.7 Å². The summed E-state index contributed by atoms with van der Waals surface area (Å²) >= 11 is 1.65.